The van der Waals surface area contributed by atoms with E-state index in [4.69, 9.17) is 4.74 Å². The number of rotatable bonds is 4. The Labute approximate surface area is 161 Å². The zero-order chi connectivity index (χ0) is 17.2. The van der Waals surface area contributed by atoms with Gasteiger partial charge in [-0.2, -0.15) is 0 Å². The van der Waals surface area contributed by atoms with Crippen molar-refractivity contribution in [2.45, 2.75) is 51.2 Å². The lowest BCUT2D eigenvalue weighted by molar-refractivity contribution is -0.922. The van der Waals surface area contributed by atoms with E-state index in [0.29, 0.717) is 5.56 Å². The Morgan fingerprint density at radius 1 is 1.16 bits per heavy atom. The Bertz CT molecular complexity index is 572. The molecule has 1 aromatic rings. The predicted octanol–water partition coefficient (Wildman–Crippen LogP) is -0.150. The van der Waals surface area contributed by atoms with E-state index < -0.39 is 11.6 Å². The summed E-state index contributed by atoms with van der Waals surface area (Å²) >= 11 is 0. The molecule has 2 heterocycles. The summed E-state index contributed by atoms with van der Waals surface area (Å²) in [7, 11) is 0. The summed E-state index contributed by atoms with van der Waals surface area (Å²) in [6.45, 7) is 8.16. The molecule has 2 atom stereocenters. The molecule has 2 fully saturated rings. The van der Waals surface area contributed by atoms with Crippen LogP contribution in [0.2, 0.25) is 0 Å². The van der Waals surface area contributed by atoms with Gasteiger partial charge in [-0.05, 0) is 30.7 Å². The van der Waals surface area contributed by atoms with Crippen LogP contribution in [-0.4, -0.2) is 47.8 Å². The maximum Gasteiger partial charge on any atom is 0.343 e. The Morgan fingerprint density at radius 2 is 1.80 bits per heavy atom. The topological polar surface area (TPSA) is 46.5 Å². The summed E-state index contributed by atoms with van der Waals surface area (Å²) in [6.07, 6.45) is 4.73. The van der Waals surface area contributed by atoms with Gasteiger partial charge < -0.3 is 31.3 Å². The average Bonchev–Trinajstić information content (AvgIpc) is 2.97. The molecule has 2 aliphatic heterocycles. The second-order valence-corrected chi connectivity index (χ2v) is 7.86. The van der Waals surface area contributed by atoms with E-state index in [1.165, 1.54) is 32.4 Å². The van der Waals surface area contributed by atoms with Gasteiger partial charge in [0.2, 0.25) is 0 Å². The fourth-order valence-corrected chi connectivity index (χ4v) is 4.34. The number of benzene rings is 1. The highest BCUT2D eigenvalue weighted by molar-refractivity contribution is 5.81. The van der Waals surface area contributed by atoms with E-state index in [1.807, 2.05) is 32.0 Å². The Hall–Kier alpha value is -0.910. The van der Waals surface area contributed by atoms with E-state index in [0.717, 1.165) is 24.0 Å². The van der Waals surface area contributed by atoms with Crippen LogP contribution in [-0.2, 0) is 15.1 Å². The maximum absolute atomic E-state index is 12.9. The minimum Gasteiger partial charge on any atom is -1.00 e. The lowest BCUT2D eigenvalue weighted by atomic mass is 9.83. The summed E-state index contributed by atoms with van der Waals surface area (Å²) in [5.74, 6) is -0.738. The smallest absolute Gasteiger partial charge is 0.343 e. The Balaban J connectivity index is 0.00000225. The molecule has 5 heteroatoms. The van der Waals surface area contributed by atoms with Gasteiger partial charge in [0.05, 0.1) is 19.6 Å². The number of esters is 1. The molecule has 2 aliphatic rings. The molecule has 140 valence electrons. The largest absolute Gasteiger partial charge is 1.00 e. The van der Waals surface area contributed by atoms with Crippen LogP contribution >= 0.6 is 0 Å². The first kappa shape index (κ1) is 20.4. The first-order valence-corrected chi connectivity index (χ1v) is 9.30. The van der Waals surface area contributed by atoms with Crippen LogP contribution in [0.1, 0.15) is 45.1 Å². The fraction of sp³-hybridized carbons (Fsp3) is 0.650. The van der Waals surface area contributed by atoms with Gasteiger partial charge in [0.25, 0.3) is 0 Å². The maximum atomic E-state index is 12.9. The van der Waals surface area contributed by atoms with Gasteiger partial charge in [-0.15, -0.1) is 0 Å². The molecular weight excluding hydrogens is 382 g/mol. The van der Waals surface area contributed by atoms with Crippen molar-refractivity contribution in [3.8, 4) is 0 Å². The number of hydrogen-bond acceptors (Lipinski definition) is 3. The fourth-order valence-electron chi connectivity index (χ4n) is 4.34. The van der Waals surface area contributed by atoms with Crippen molar-refractivity contribution in [3.63, 3.8) is 0 Å². The second kappa shape index (κ2) is 8.19. The highest BCUT2D eigenvalue weighted by Gasteiger charge is 2.47. The van der Waals surface area contributed by atoms with Gasteiger partial charge in [-0.1, -0.05) is 44.2 Å². The van der Waals surface area contributed by atoms with E-state index in [9.17, 15) is 9.90 Å². The van der Waals surface area contributed by atoms with Crippen molar-refractivity contribution in [3.05, 3.63) is 35.9 Å². The first-order valence-electron chi connectivity index (χ1n) is 9.30. The summed E-state index contributed by atoms with van der Waals surface area (Å²) in [4.78, 5) is 12.9. The van der Waals surface area contributed by atoms with Crippen LogP contribution in [0.15, 0.2) is 30.3 Å². The van der Waals surface area contributed by atoms with Crippen LogP contribution in [0.25, 0.3) is 0 Å². The number of carbonyl (C=O) groups is 1. The Kier molecular flexibility index (Phi) is 6.68. The number of quaternary nitrogens is 1. The zero-order valence-electron chi connectivity index (χ0n) is 15.3. The number of piperidine rings is 1. The molecule has 1 spiro atoms. The minimum atomic E-state index is -1.57. The van der Waals surface area contributed by atoms with Crippen molar-refractivity contribution < 1.29 is 36.1 Å². The monoisotopic (exact) mass is 411 g/mol. The van der Waals surface area contributed by atoms with E-state index in [2.05, 4.69) is 0 Å². The number of aliphatic hydroxyl groups is 1. The third-order valence-electron chi connectivity index (χ3n) is 5.92. The van der Waals surface area contributed by atoms with Gasteiger partial charge in [0.1, 0.15) is 6.54 Å². The number of nitrogens with zero attached hydrogens (tertiary/aromatic N) is 1. The molecular formula is C20H30BrNO3. The molecule has 25 heavy (non-hydrogen) atoms. The molecule has 1 aromatic carbocycles. The van der Waals surface area contributed by atoms with Gasteiger partial charge >= 0.3 is 5.97 Å². The summed E-state index contributed by atoms with van der Waals surface area (Å²) in [5, 5.41) is 11.1. The van der Waals surface area contributed by atoms with E-state index >= 15 is 0 Å². The highest BCUT2D eigenvalue weighted by Crippen LogP contribution is 2.33. The summed E-state index contributed by atoms with van der Waals surface area (Å²) < 4.78 is 6.92. The highest BCUT2D eigenvalue weighted by atomic mass is 79.9. The van der Waals surface area contributed by atoms with Crippen LogP contribution in [0.5, 0.6) is 0 Å². The number of carbonyl (C=O) groups excluding carboxylic acids is 1. The molecule has 0 aliphatic carbocycles. The molecule has 0 amide bonds. The molecule has 0 radical (unpaired) electrons. The molecule has 3 rings (SSSR count). The minimum absolute atomic E-state index is 0. The van der Waals surface area contributed by atoms with Crippen LogP contribution in [0.3, 0.4) is 0 Å². The van der Waals surface area contributed by atoms with Gasteiger partial charge in [0, 0.05) is 6.42 Å². The SMILES string of the molecule is CC(C)C(O)(C(=O)OC1CC[N+]2(CCCCC2)C1)c1ccccc1.[Br-]. The third kappa shape index (κ3) is 4.09. The number of ether oxygens (including phenoxy) is 1. The second-order valence-electron chi connectivity index (χ2n) is 7.86. The van der Waals surface area contributed by atoms with Crippen LogP contribution in [0, 0.1) is 5.92 Å². The lowest BCUT2D eigenvalue weighted by Gasteiger charge is -2.38. The predicted molar refractivity (Wildman–Crippen MR) is 93.3 cm³/mol. The quantitative estimate of drug-likeness (QED) is 0.553. The molecule has 0 aromatic heterocycles. The average molecular weight is 412 g/mol. The normalized spacial score (nSPS) is 24.6. The molecule has 1 N–H and O–H groups in total. The zero-order valence-corrected chi connectivity index (χ0v) is 16.9. The number of halogens is 1. The Morgan fingerprint density at radius 3 is 2.40 bits per heavy atom. The van der Waals surface area contributed by atoms with Crippen LogP contribution < -0.4 is 17.0 Å². The molecule has 4 nitrogen and oxygen atoms in total. The van der Waals surface area contributed by atoms with E-state index in [-0.39, 0.29) is 29.0 Å². The molecule has 0 bridgehead atoms. The van der Waals surface area contributed by atoms with E-state index in [1.54, 1.807) is 12.1 Å². The molecule has 2 unspecified atom stereocenters. The molecule has 0 saturated carbocycles. The summed E-state index contributed by atoms with van der Waals surface area (Å²) in [6, 6.07) is 9.18. The van der Waals surface area contributed by atoms with Crippen molar-refractivity contribution in [1.82, 2.24) is 0 Å². The molecule has 2 saturated heterocycles. The summed E-state index contributed by atoms with van der Waals surface area (Å²) in [5.41, 5.74) is -0.957. The third-order valence-corrected chi connectivity index (χ3v) is 5.92. The standard InChI is InChI=1S/C20H30NO3.BrH/c1-16(2)20(23,17-9-5-3-6-10-17)19(22)24-18-11-14-21(15-18)12-7-4-8-13-21;/h3,5-6,9-10,16,18,23H,4,7-8,11-15H2,1-2H3;1H/q+1;/p-1. The van der Waals surface area contributed by atoms with Gasteiger partial charge in [-0.25, -0.2) is 4.79 Å². The van der Waals surface area contributed by atoms with Crippen LogP contribution in [0.4, 0.5) is 0 Å². The van der Waals surface area contributed by atoms with Crippen molar-refractivity contribution in [1.29, 1.82) is 0 Å². The van der Waals surface area contributed by atoms with Gasteiger partial charge in [-0.3, -0.25) is 0 Å². The van der Waals surface area contributed by atoms with Crippen molar-refractivity contribution >= 4 is 5.97 Å². The van der Waals surface area contributed by atoms with Crippen molar-refractivity contribution in [2.24, 2.45) is 5.92 Å². The number of hydrogen-bond donors (Lipinski definition) is 1. The lowest BCUT2D eigenvalue weighted by Crippen LogP contribution is -3.00. The van der Waals surface area contributed by atoms with Gasteiger partial charge in [0.15, 0.2) is 11.7 Å². The van der Waals surface area contributed by atoms with Crippen molar-refractivity contribution in [2.75, 3.05) is 26.2 Å². The first-order chi connectivity index (χ1) is 11.5.